The molecule has 2 rings (SSSR count). The van der Waals surface area contributed by atoms with Crippen LogP contribution in [0, 0.1) is 11.8 Å². The second-order valence-corrected chi connectivity index (χ2v) is 6.79. The molecule has 1 atom stereocenters. The van der Waals surface area contributed by atoms with E-state index in [4.69, 9.17) is 0 Å². The lowest BCUT2D eigenvalue weighted by atomic mass is 10.1. The van der Waals surface area contributed by atoms with Crippen molar-refractivity contribution in [2.75, 3.05) is 39.3 Å². The Balaban J connectivity index is 1.63. The van der Waals surface area contributed by atoms with Crippen molar-refractivity contribution in [2.24, 2.45) is 11.8 Å². The minimum Gasteiger partial charge on any atom is -0.356 e. The van der Waals surface area contributed by atoms with E-state index in [-0.39, 0.29) is 17.7 Å². The Morgan fingerprint density at radius 2 is 2.05 bits per heavy atom. The largest absolute Gasteiger partial charge is 0.356 e. The number of rotatable bonds is 7. The summed E-state index contributed by atoms with van der Waals surface area (Å²) in [5.74, 6) is 0.483. The molecule has 0 saturated carbocycles. The normalized spacial score (nSPS) is 23.3. The van der Waals surface area contributed by atoms with Crippen LogP contribution in [0.2, 0.25) is 0 Å². The highest BCUT2D eigenvalue weighted by molar-refractivity contribution is 5.89. The van der Waals surface area contributed by atoms with Crippen molar-refractivity contribution in [1.82, 2.24) is 15.1 Å². The molecule has 0 aromatic heterocycles. The number of likely N-dealkylation sites (tertiary alicyclic amines) is 2. The molecule has 1 N–H and O–H groups in total. The zero-order chi connectivity index (χ0) is 15.2. The van der Waals surface area contributed by atoms with E-state index in [2.05, 4.69) is 24.1 Å². The van der Waals surface area contributed by atoms with E-state index in [1.165, 1.54) is 25.9 Å². The average Bonchev–Trinajstić information content (AvgIpc) is 3.05. The third-order valence-electron chi connectivity index (χ3n) is 4.32. The number of carbonyl (C=O) groups excluding carboxylic acids is 2. The van der Waals surface area contributed by atoms with Gasteiger partial charge < -0.3 is 15.1 Å². The first-order valence-electron chi connectivity index (χ1n) is 8.34. The van der Waals surface area contributed by atoms with Gasteiger partial charge in [0.1, 0.15) is 0 Å². The van der Waals surface area contributed by atoms with Gasteiger partial charge in [-0.2, -0.15) is 0 Å². The zero-order valence-corrected chi connectivity index (χ0v) is 13.4. The highest BCUT2D eigenvalue weighted by atomic mass is 16.2. The second-order valence-electron chi connectivity index (χ2n) is 6.79. The average molecular weight is 295 g/mol. The van der Waals surface area contributed by atoms with Gasteiger partial charge in [-0.15, -0.1) is 0 Å². The van der Waals surface area contributed by atoms with Crippen molar-refractivity contribution in [2.45, 2.75) is 39.5 Å². The van der Waals surface area contributed by atoms with Crippen LogP contribution in [0.25, 0.3) is 0 Å². The van der Waals surface area contributed by atoms with Crippen molar-refractivity contribution in [3.63, 3.8) is 0 Å². The van der Waals surface area contributed by atoms with Crippen LogP contribution in [0.4, 0.5) is 0 Å². The molecule has 2 saturated heterocycles. The van der Waals surface area contributed by atoms with Crippen LogP contribution in [-0.2, 0) is 9.59 Å². The van der Waals surface area contributed by atoms with Crippen LogP contribution in [0.15, 0.2) is 0 Å². The van der Waals surface area contributed by atoms with Crippen molar-refractivity contribution in [3.8, 4) is 0 Å². The van der Waals surface area contributed by atoms with E-state index in [0.717, 1.165) is 26.1 Å². The molecule has 0 radical (unpaired) electrons. The first-order valence-corrected chi connectivity index (χ1v) is 8.34. The van der Waals surface area contributed by atoms with Crippen LogP contribution in [0.3, 0.4) is 0 Å². The number of amides is 2. The Bertz CT molecular complexity index is 365. The van der Waals surface area contributed by atoms with Gasteiger partial charge in [0.2, 0.25) is 11.8 Å². The smallest absolute Gasteiger partial charge is 0.225 e. The first-order chi connectivity index (χ1) is 10.1. The summed E-state index contributed by atoms with van der Waals surface area (Å²) in [6, 6.07) is 0. The van der Waals surface area contributed by atoms with Crippen LogP contribution in [0.5, 0.6) is 0 Å². The van der Waals surface area contributed by atoms with Crippen molar-refractivity contribution in [1.29, 1.82) is 0 Å². The van der Waals surface area contributed by atoms with E-state index in [0.29, 0.717) is 18.9 Å². The predicted octanol–water partition coefficient (Wildman–Crippen LogP) is 1.09. The minimum absolute atomic E-state index is 0.0519. The van der Waals surface area contributed by atoms with E-state index in [9.17, 15) is 9.59 Å². The van der Waals surface area contributed by atoms with Crippen LogP contribution >= 0.6 is 0 Å². The topological polar surface area (TPSA) is 52.7 Å². The monoisotopic (exact) mass is 295 g/mol. The molecule has 2 heterocycles. The predicted molar refractivity (Wildman–Crippen MR) is 82.8 cm³/mol. The maximum atomic E-state index is 12.1. The molecule has 2 aliphatic rings. The Kier molecular flexibility index (Phi) is 6.03. The number of nitrogens with one attached hydrogen (secondary N) is 1. The summed E-state index contributed by atoms with van der Waals surface area (Å²) in [6.07, 6.45) is 4.00. The molecule has 2 fully saturated rings. The highest BCUT2D eigenvalue weighted by Crippen LogP contribution is 2.19. The Labute approximate surface area is 128 Å². The molecule has 5 nitrogen and oxygen atoms in total. The number of nitrogens with zero attached hydrogens (tertiary/aromatic N) is 2. The lowest BCUT2D eigenvalue weighted by Gasteiger charge is -2.19. The lowest BCUT2D eigenvalue weighted by Crippen LogP contribution is -2.35. The molecule has 2 amide bonds. The summed E-state index contributed by atoms with van der Waals surface area (Å²) in [4.78, 5) is 28.3. The van der Waals surface area contributed by atoms with E-state index < -0.39 is 0 Å². The van der Waals surface area contributed by atoms with Gasteiger partial charge in [-0.3, -0.25) is 9.59 Å². The zero-order valence-electron chi connectivity index (χ0n) is 13.4. The highest BCUT2D eigenvalue weighted by Gasteiger charge is 2.34. The Morgan fingerprint density at radius 3 is 2.71 bits per heavy atom. The van der Waals surface area contributed by atoms with Gasteiger partial charge in [-0.25, -0.2) is 0 Å². The van der Waals surface area contributed by atoms with Crippen LogP contribution in [-0.4, -0.2) is 60.9 Å². The van der Waals surface area contributed by atoms with Gasteiger partial charge in [0, 0.05) is 26.1 Å². The van der Waals surface area contributed by atoms with Crippen molar-refractivity contribution >= 4 is 11.8 Å². The SMILES string of the molecule is CC(C)CN1C[C@H](C(=O)NCCCN2CCCC2)CC1=O. The fourth-order valence-corrected chi connectivity index (χ4v) is 3.23. The molecule has 0 bridgehead atoms. The van der Waals surface area contributed by atoms with Crippen LogP contribution < -0.4 is 5.32 Å². The number of carbonyl (C=O) groups is 2. The van der Waals surface area contributed by atoms with Crippen LogP contribution in [0.1, 0.15) is 39.5 Å². The minimum atomic E-state index is -0.150. The molecule has 0 aromatic rings. The standard InChI is InChI=1S/C16H29N3O2/c1-13(2)11-19-12-14(10-15(19)20)16(21)17-6-5-9-18-7-3-4-8-18/h13-14H,3-12H2,1-2H3,(H,17,21)/t14-/m1/s1. The molecule has 21 heavy (non-hydrogen) atoms. The lowest BCUT2D eigenvalue weighted by molar-refractivity contribution is -0.129. The summed E-state index contributed by atoms with van der Waals surface area (Å²) in [5, 5.41) is 3.00. The maximum Gasteiger partial charge on any atom is 0.225 e. The molecular formula is C16H29N3O2. The van der Waals surface area contributed by atoms with Gasteiger partial charge in [0.15, 0.2) is 0 Å². The molecule has 0 spiro atoms. The third-order valence-corrected chi connectivity index (χ3v) is 4.32. The molecule has 2 aliphatic heterocycles. The number of hydrogen-bond donors (Lipinski definition) is 1. The van der Waals surface area contributed by atoms with E-state index in [1.54, 1.807) is 0 Å². The summed E-state index contributed by atoms with van der Waals surface area (Å²) in [6.45, 7) is 9.75. The van der Waals surface area contributed by atoms with Gasteiger partial charge >= 0.3 is 0 Å². The van der Waals surface area contributed by atoms with Gasteiger partial charge in [0.05, 0.1) is 5.92 Å². The summed E-state index contributed by atoms with van der Waals surface area (Å²) in [7, 11) is 0. The fraction of sp³-hybridized carbons (Fsp3) is 0.875. The molecular weight excluding hydrogens is 266 g/mol. The van der Waals surface area contributed by atoms with Crippen molar-refractivity contribution < 1.29 is 9.59 Å². The van der Waals surface area contributed by atoms with Gasteiger partial charge in [0.25, 0.3) is 0 Å². The quantitative estimate of drug-likeness (QED) is 0.716. The van der Waals surface area contributed by atoms with E-state index in [1.807, 2.05) is 4.90 Å². The molecule has 0 unspecified atom stereocenters. The third kappa shape index (κ3) is 4.99. The maximum absolute atomic E-state index is 12.1. The summed E-state index contributed by atoms with van der Waals surface area (Å²) in [5.41, 5.74) is 0. The number of hydrogen-bond acceptors (Lipinski definition) is 3. The fourth-order valence-electron chi connectivity index (χ4n) is 3.23. The summed E-state index contributed by atoms with van der Waals surface area (Å²) < 4.78 is 0. The summed E-state index contributed by atoms with van der Waals surface area (Å²) >= 11 is 0. The molecule has 5 heteroatoms. The van der Waals surface area contributed by atoms with Gasteiger partial charge in [-0.1, -0.05) is 13.8 Å². The molecule has 0 aromatic carbocycles. The first kappa shape index (κ1) is 16.3. The Morgan fingerprint density at radius 1 is 1.33 bits per heavy atom. The Hall–Kier alpha value is -1.10. The second kappa shape index (κ2) is 7.78. The molecule has 0 aliphatic carbocycles. The van der Waals surface area contributed by atoms with Crippen molar-refractivity contribution in [3.05, 3.63) is 0 Å². The molecule has 120 valence electrons. The van der Waals surface area contributed by atoms with E-state index >= 15 is 0 Å². The van der Waals surface area contributed by atoms with Gasteiger partial charge in [-0.05, 0) is 44.8 Å².